The molecule has 0 spiro atoms. The minimum absolute atomic E-state index is 0.307. The molecule has 4 rings (SSSR count). The number of fused-ring (bicyclic) bond motifs is 2. The van der Waals surface area contributed by atoms with Gasteiger partial charge >= 0.3 is 0 Å². The van der Waals surface area contributed by atoms with Gasteiger partial charge in [0.05, 0.1) is 6.54 Å². The van der Waals surface area contributed by atoms with Crippen molar-refractivity contribution in [2.45, 2.75) is 13.5 Å². The number of nitrogens with zero attached hydrogens (tertiary/aromatic N) is 4. The lowest BCUT2D eigenvalue weighted by atomic mass is 10.1. The maximum Gasteiger partial charge on any atom is 0.279 e. The molecule has 1 amide bonds. The summed E-state index contributed by atoms with van der Waals surface area (Å²) in [5.74, 6) is 0.623. The van der Waals surface area contributed by atoms with Crippen LogP contribution in [0.5, 0.6) is 0 Å². The lowest BCUT2D eigenvalue weighted by molar-refractivity contribution is 0.100. The Morgan fingerprint density at radius 1 is 1.12 bits per heavy atom. The minimum Gasteiger partial charge on any atom is -0.313 e. The van der Waals surface area contributed by atoms with Gasteiger partial charge in [0.15, 0.2) is 5.84 Å². The van der Waals surface area contributed by atoms with Crippen molar-refractivity contribution in [3.63, 3.8) is 0 Å². The van der Waals surface area contributed by atoms with Gasteiger partial charge in [-0.25, -0.2) is 4.99 Å². The lowest BCUT2D eigenvalue weighted by Crippen LogP contribution is -2.25. The molecule has 0 N–H and O–H groups in total. The van der Waals surface area contributed by atoms with Crippen molar-refractivity contribution >= 4 is 23.9 Å². The molecule has 0 saturated carbocycles. The van der Waals surface area contributed by atoms with E-state index in [1.165, 1.54) is 0 Å². The van der Waals surface area contributed by atoms with E-state index in [4.69, 9.17) is 0 Å². The van der Waals surface area contributed by atoms with Crippen molar-refractivity contribution in [1.29, 1.82) is 0 Å². The highest BCUT2D eigenvalue weighted by molar-refractivity contribution is 6.15. The van der Waals surface area contributed by atoms with Crippen LogP contribution in [-0.4, -0.2) is 28.8 Å². The number of carbonyl (C=O) groups is 1. The van der Waals surface area contributed by atoms with E-state index in [0.717, 1.165) is 16.7 Å². The highest BCUT2D eigenvalue weighted by atomic mass is 16.1. The summed E-state index contributed by atoms with van der Waals surface area (Å²) < 4.78 is 0. The average Bonchev–Trinajstić information content (AvgIpc) is 2.79. The second-order valence-electron chi connectivity index (χ2n) is 5.92. The molecule has 0 bridgehead atoms. The number of aliphatic imine (C=N–C) groups is 3. The quantitative estimate of drug-likeness (QED) is 0.806. The normalized spacial score (nSPS) is 16.9. The number of amidine groups is 1. The van der Waals surface area contributed by atoms with Crippen molar-refractivity contribution in [1.82, 2.24) is 4.90 Å². The van der Waals surface area contributed by atoms with Crippen LogP contribution >= 0.6 is 0 Å². The van der Waals surface area contributed by atoms with Gasteiger partial charge in [-0.15, -0.1) is 0 Å². The first-order chi connectivity index (χ1) is 12.2. The van der Waals surface area contributed by atoms with Crippen molar-refractivity contribution < 1.29 is 4.79 Å². The average molecular weight is 328 g/mol. The van der Waals surface area contributed by atoms with Gasteiger partial charge < -0.3 is 4.90 Å². The maximum atomic E-state index is 12.6. The third-order valence-electron chi connectivity index (χ3n) is 4.11. The minimum atomic E-state index is -0.307. The van der Waals surface area contributed by atoms with Crippen molar-refractivity contribution in [2.24, 2.45) is 15.0 Å². The molecular formula is C20H16N4O. The summed E-state index contributed by atoms with van der Waals surface area (Å²) in [6.07, 6.45) is 5.47. The molecule has 5 nitrogen and oxygen atoms in total. The van der Waals surface area contributed by atoms with E-state index in [1.54, 1.807) is 18.3 Å². The molecule has 122 valence electrons. The molecule has 0 fully saturated rings. The van der Waals surface area contributed by atoms with E-state index in [9.17, 15) is 4.79 Å². The number of benzene rings is 2. The molecular weight excluding hydrogens is 312 g/mol. The van der Waals surface area contributed by atoms with Gasteiger partial charge in [0.25, 0.3) is 5.91 Å². The lowest BCUT2D eigenvalue weighted by Gasteiger charge is -2.19. The first-order valence-corrected chi connectivity index (χ1v) is 8.05. The Morgan fingerprint density at radius 2 is 1.92 bits per heavy atom. The Hall–Kier alpha value is -3.34. The molecule has 0 aromatic heterocycles. The number of guanidine groups is 1. The molecule has 2 heterocycles. The SMILES string of the molecule is Cc1ccc(C(=O)N=C2N=C3N=CC=CN3Cc3ccccc32)cc1. The zero-order valence-corrected chi connectivity index (χ0v) is 13.8. The third-order valence-corrected chi connectivity index (χ3v) is 4.11. The van der Waals surface area contributed by atoms with Gasteiger partial charge in [-0.2, -0.15) is 9.98 Å². The first kappa shape index (κ1) is 15.2. The number of rotatable bonds is 1. The number of carbonyl (C=O) groups excluding carboxylic acids is 1. The van der Waals surface area contributed by atoms with Crippen molar-refractivity contribution in [3.05, 3.63) is 83.1 Å². The number of hydrogen-bond acceptors (Lipinski definition) is 3. The molecule has 0 radical (unpaired) electrons. The van der Waals surface area contributed by atoms with Crippen LogP contribution in [0.1, 0.15) is 27.0 Å². The van der Waals surface area contributed by atoms with Crippen LogP contribution in [-0.2, 0) is 6.54 Å². The standard InChI is InChI=1S/C20H16N4O/c1-14-7-9-15(10-8-14)19(25)22-18-17-6-3-2-5-16(17)13-24-12-4-11-21-20(24)23-18/h2-12H,13H2,1H3. The fourth-order valence-electron chi connectivity index (χ4n) is 2.77. The smallest absolute Gasteiger partial charge is 0.279 e. The molecule has 0 saturated heterocycles. The van der Waals surface area contributed by atoms with E-state index < -0.39 is 0 Å². The van der Waals surface area contributed by atoms with Crippen LogP contribution in [0.3, 0.4) is 0 Å². The molecule has 2 aliphatic heterocycles. The molecule has 0 unspecified atom stereocenters. The van der Waals surface area contributed by atoms with E-state index in [0.29, 0.717) is 23.9 Å². The molecule has 0 aliphatic carbocycles. The molecule has 2 aromatic rings. The predicted molar refractivity (Wildman–Crippen MR) is 99.1 cm³/mol. The zero-order valence-electron chi connectivity index (χ0n) is 13.8. The van der Waals surface area contributed by atoms with E-state index in [-0.39, 0.29) is 5.91 Å². The summed E-state index contributed by atoms with van der Waals surface area (Å²) in [7, 11) is 0. The van der Waals surface area contributed by atoms with E-state index in [2.05, 4.69) is 15.0 Å². The topological polar surface area (TPSA) is 57.4 Å². The number of allylic oxidation sites excluding steroid dienone is 1. The second kappa shape index (κ2) is 6.28. The summed E-state index contributed by atoms with van der Waals surface area (Å²) in [5.41, 5.74) is 3.55. The molecule has 25 heavy (non-hydrogen) atoms. The fourth-order valence-corrected chi connectivity index (χ4v) is 2.77. The van der Waals surface area contributed by atoms with Crippen LogP contribution in [0.15, 0.2) is 75.8 Å². The van der Waals surface area contributed by atoms with Gasteiger partial charge in [-0.3, -0.25) is 4.79 Å². The van der Waals surface area contributed by atoms with Crippen LogP contribution in [0.25, 0.3) is 0 Å². The third kappa shape index (κ3) is 3.04. The molecule has 0 atom stereocenters. The predicted octanol–water partition coefficient (Wildman–Crippen LogP) is 3.35. The Bertz CT molecular complexity index is 952. The largest absolute Gasteiger partial charge is 0.313 e. The Morgan fingerprint density at radius 3 is 2.76 bits per heavy atom. The second-order valence-corrected chi connectivity index (χ2v) is 5.92. The van der Waals surface area contributed by atoms with Gasteiger partial charge in [0, 0.05) is 23.5 Å². The van der Waals surface area contributed by atoms with Crippen LogP contribution < -0.4 is 0 Å². The highest BCUT2D eigenvalue weighted by Crippen LogP contribution is 2.20. The summed E-state index contributed by atoms with van der Waals surface area (Å²) in [6, 6.07) is 15.2. The van der Waals surface area contributed by atoms with Crippen LogP contribution in [0, 0.1) is 6.92 Å². The summed E-state index contributed by atoms with van der Waals surface area (Å²) in [6.45, 7) is 2.62. The summed E-state index contributed by atoms with van der Waals surface area (Å²) in [5, 5.41) is 0. The van der Waals surface area contributed by atoms with Gasteiger partial charge in [0.2, 0.25) is 5.96 Å². The van der Waals surface area contributed by atoms with E-state index in [1.807, 2.05) is 60.5 Å². The van der Waals surface area contributed by atoms with Crippen LogP contribution in [0.4, 0.5) is 0 Å². The Labute approximate surface area is 145 Å². The Kier molecular flexibility index (Phi) is 3.82. The van der Waals surface area contributed by atoms with Gasteiger partial charge in [-0.1, -0.05) is 42.0 Å². The molecule has 2 aliphatic rings. The van der Waals surface area contributed by atoms with Crippen molar-refractivity contribution in [3.8, 4) is 0 Å². The summed E-state index contributed by atoms with van der Waals surface area (Å²) >= 11 is 0. The summed E-state index contributed by atoms with van der Waals surface area (Å²) in [4.78, 5) is 27.7. The number of hydrogen-bond donors (Lipinski definition) is 0. The fraction of sp³-hybridized carbons (Fsp3) is 0.100. The molecule has 5 heteroatoms. The highest BCUT2D eigenvalue weighted by Gasteiger charge is 2.21. The number of aryl methyl sites for hydroxylation is 1. The van der Waals surface area contributed by atoms with E-state index >= 15 is 0 Å². The monoisotopic (exact) mass is 328 g/mol. The van der Waals surface area contributed by atoms with Gasteiger partial charge in [-0.05, 0) is 30.7 Å². The van der Waals surface area contributed by atoms with Gasteiger partial charge in [0.1, 0.15) is 0 Å². The number of amides is 1. The first-order valence-electron chi connectivity index (χ1n) is 8.05. The maximum absolute atomic E-state index is 12.6. The van der Waals surface area contributed by atoms with Crippen molar-refractivity contribution in [2.75, 3.05) is 0 Å². The Balaban J connectivity index is 1.80. The van der Waals surface area contributed by atoms with Crippen LogP contribution in [0.2, 0.25) is 0 Å². The zero-order chi connectivity index (χ0) is 17.2. The molecule has 2 aromatic carbocycles.